The summed E-state index contributed by atoms with van der Waals surface area (Å²) in [6.45, 7) is 2.42. The lowest BCUT2D eigenvalue weighted by Gasteiger charge is -2.35. The van der Waals surface area contributed by atoms with Gasteiger partial charge >= 0.3 is 0 Å². The van der Waals surface area contributed by atoms with E-state index in [9.17, 15) is 4.39 Å². The van der Waals surface area contributed by atoms with E-state index in [1.54, 1.807) is 6.07 Å². The van der Waals surface area contributed by atoms with Crippen LogP contribution in [0.15, 0.2) is 18.2 Å². The van der Waals surface area contributed by atoms with Gasteiger partial charge in [-0.3, -0.25) is 0 Å². The van der Waals surface area contributed by atoms with E-state index in [1.807, 2.05) is 6.07 Å². The number of rotatable bonds is 0. The molecule has 0 radical (unpaired) electrons. The minimum absolute atomic E-state index is 0.0847. The maximum Gasteiger partial charge on any atom is 0.126 e. The number of morpholine rings is 1. The fourth-order valence-corrected chi connectivity index (χ4v) is 2.69. The first-order chi connectivity index (χ1) is 7.32. The van der Waals surface area contributed by atoms with E-state index in [0.29, 0.717) is 0 Å². The molecule has 1 spiro atoms. The molecule has 15 heavy (non-hydrogen) atoms. The van der Waals surface area contributed by atoms with Gasteiger partial charge in [0.2, 0.25) is 0 Å². The second-order valence-corrected chi connectivity index (χ2v) is 4.29. The Bertz CT molecular complexity index is 385. The van der Waals surface area contributed by atoms with Crippen LogP contribution in [-0.4, -0.2) is 19.7 Å². The molecule has 1 aliphatic carbocycles. The van der Waals surface area contributed by atoms with Gasteiger partial charge in [-0.2, -0.15) is 0 Å². The molecule has 80 valence electrons. The number of hydrogen-bond acceptors (Lipinski definition) is 2. The molecule has 3 rings (SSSR count). The minimum Gasteiger partial charge on any atom is -0.368 e. The van der Waals surface area contributed by atoms with Crippen molar-refractivity contribution in [3.05, 3.63) is 35.1 Å². The van der Waals surface area contributed by atoms with E-state index in [-0.39, 0.29) is 11.4 Å². The molecule has 1 atom stereocenters. The minimum atomic E-state index is -0.254. The van der Waals surface area contributed by atoms with Crippen molar-refractivity contribution in [3.8, 4) is 0 Å². The molecular formula is C12H14FNO. The molecule has 1 N–H and O–H groups in total. The van der Waals surface area contributed by atoms with Crippen LogP contribution < -0.4 is 5.32 Å². The fourth-order valence-electron chi connectivity index (χ4n) is 2.69. The molecule has 0 amide bonds. The molecule has 2 aliphatic rings. The summed E-state index contributed by atoms with van der Waals surface area (Å²) in [5.74, 6) is -0.0847. The quantitative estimate of drug-likeness (QED) is 0.697. The number of nitrogens with one attached hydrogen (secondary N) is 1. The molecular weight excluding hydrogens is 193 g/mol. The van der Waals surface area contributed by atoms with Gasteiger partial charge in [0.1, 0.15) is 11.4 Å². The molecule has 1 saturated heterocycles. The summed E-state index contributed by atoms with van der Waals surface area (Å²) in [5, 5.41) is 3.33. The Morgan fingerprint density at radius 2 is 2.33 bits per heavy atom. The van der Waals surface area contributed by atoms with Gasteiger partial charge in [0, 0.05) is 13.1 Å². The SMILES string of the molecule is Fc1cccc2c1CCC21CNCCO1. The zero-order valence-corrected chi connectivity index (χ0v) is 8.55. The van der Waals surface area contributed by atoms with Crippen LogP contribution in [0.25, 0.3) is 0 Å². The van der Waals surface area contributed by atoms with E-state index in [2.05, 4.69) is 5.32 Å². The first-order valence-corrected chi connectivity index (χ1v) is 5.44. The first-order valence-electron chi connectivity index (χ1n) is 5.44. The Hall–Kier alpha value is -0.930. The van der Waals surface area contributed by atoms with Crippen LogP contribution in [0.2, 0.25) is 0 Å². The molecule has 1 aromatic rings. The van der Waals surface area contributed by atoms with Crippen LogP contribution in [0.4, 0.5) is 4.39 Å². The highest BCUT2D eigenvalue weighted by molar-refractivity contribution is 5.39. The lowest BCUT2D eigenvalue weighted by Crippen LogP contribution is -2.46. The van der Waals surface area contributed by atoms with Crippen molar-refractivity contribution in [1.82, 2.24) is 5.32 Å². The average molecular weight is 207 g/mol. The fraction of sp³-hybridized carbons (Fsp3) is 0.500. The van der Waals surface area contributed by atoms with Crippen molar-refractivity contribution in [2.45, 2.75) is 18.4 Å². The molecule has 1 aliphatic heterocycles. The highest BCUT2D eigenvalue weighted by atomic mass is 19.1. The number of ether oxygens (including phenoxy) is 1. The van der Waals surface area contributed by atoms with E-state index >= 15 is 0 Å². The van der Waals surface area contributed by atoms with Crippen molar-refractivity contribution < 1.29 is 9.13 Å². The molecule has 1 aromatic carbocycles. The van der Waals surface area contributed by atoms with Crippen molar-refractivity contribution in [2.75, 3.05) is 19.7 Å². The van der Waals surface area contributed by atoms with Crippen molar-refractivity contribution in [3.63, 3.8) is 0 Å². The molecule has 2 nitrogen and oxygen atoms in total. The molecule has 1 unspecified atom stereocenters. The van der Waals surface area contributed by atoms with Gasteiger partial charge in [-0.1, -0.05) is 12.1 Å². The summed E-state index contributed by atoms with van der Waals surface area (Å²) in [4.78, 5) is 0. The molecule has 3 heteroatoms. The normalized spacial score (nSPS) is 29.4. The van der Waals surface area contributed by atoms with Gasteiger partial charge in [0.25, 0.3) is 0 Å². The Labute approximate surface area is 88.4 Å². The van der Waals surface area contributed by atoms with Crippen LogP contribution in [0.5, 0.6) is 0 Å². The lowest BCUT2D eigenvalue weighted by molar-refractivity contribution is -0.0695. The van der Waals surface area contributed by atoms with Gasteiger partial charge in [0.15, 0.2) is 0 Å². The van der Waals surface area contributed by atoms with Crippen molar-refractivity contribution in [2.24, 2.45) is 0 Å². The van der Waals surface area contributed by atoms with Crippen molar-refractivity contribution in [1.29, 1.82) is 0 Å². The standard InChI is InChI=1S/C12H14FNO/c13-11-3-1-2-10-9(11)4-5-12(10)8-14-6-7-15-12/h1-3,14H,4-8H2. The molecule has 0 saturated carbocycles. The predicted molar refractivity (Wildman–Crippen MR) is 55.2 cm³/mol. The third-order valence-corrected chi connectivity index (χ3v) is 3.46. The Morgan fingerprint density at radius 1 is 1.40 bits per heavy atom. The van der Waals surface area contributed by atoms with Crippen LogP contribution in [0, 0.1) is 5.82 Å². The van der Waals surface area contributed by atoms with Crippen LogP contribution in [0.3, 0.4) is 0 Å². The third kappa shape index (κ3) is 1.30. The predicted octanol–water partition coefficient (Wildman–Crippen LogP) is 1.59. The molecule has 0 aromatic heterocycles. The lowest BCUT2D eigenvalue weighted by atomic mass is 9.94. The summed E-state index contributed by atoms with van der Waals surface area (Å²) in [6.07, 6.45) is 1.69. The monoisotopic (exact) mass is 207 g/mol. The molecule has 1 fully saturated rings. The Morgan fingerprint density at radius 3 is 3.13 bits per heavy atom. The van der Waals surface area contributed by atoms with E-state index < -0.39 is 0 Å². The topological polar surface area (TPSA) is 21.3 Å². The second kappa shape index (κ2) is 3.29. The van der Waals surface area contributed by atoms with Gasteiger partial charge in [-0.25, -0.2) is 4.39 Å². The summed E-state index contributed by atoms with van der Waals surface area (Å²) in [7, 11) is 0. The van der Waals surface area contributed by atoms with E-state index in [1.165, 1.54) is 6.07 Å². The Balaban J connectivity index is 2.06. The third-order valence-electron chi connectivity index (χ3n) is 3.46. The van der Waals surface area contributed by atoms with Crippen LogP contribution >= 0.6 is 0 Å². The average Bonchev–Trinajstić information content (AvgIpc) is 2.61. The highest BCUT2D eigenvalue weighted by Gasteiger charge is 2.41. The summed E-state index contributed by atoms with van der Waals surface area (Å²) in [6, 6.07) is 5.31. The number of fused-ring (bicyclic) bond motifs is 2. The molecule has 1 heterocycles. The zero-order chi connectivity index (χ0) is 10.3. The van der Waals surface area contributed by atoms with Gasteiger partial charge in [-0.15, -0.1) is 0 Å². The zero-order valence-electron chi connectivity index (χ0n) is 8.55. The largest absolute Gasteiger partial charge is 0.368 e. The van der Waals surface area contributed by atoms with Gasteiger partial charge in [-0.05, 0) is 30.0 Å². The maximum atomic E-state index is 13.6. The number of benzene rings is 1. The second-order valence-electron chi connectivity index (χ2n) is 4.29. The Kier molecular flexibility index (Phi) is 2.04. The number of hydrogen-bond donors (Lipinski definition) is 1. The van der Waals surface area contributed by atoms with Gasteiger partial charge < -0.3 is 10.1 Å². The molecule has 0 bridgehead atoms. The smallest absolute Gasteiger partial charge is 0.126 e. The highest BCUT2D eigenvalue weighted by Crippen LogP contribution is 2.41. The van der Waals surface area contributed by atoms with Gasteiger partial charge in [0.05, 0.1) is 6.61 Å². The summed E-state index contributed by atoms with van der Waals surface area (Å²) < 4.78 is 19.4. The van der Waals surface area contributed by atoms with Crippen molar-refractivity contribution >= 4 is 0 Å². The van der Waals surface area contributed by atoms with Crippen LogP contribution in [0.1, 0.15) is 17.5 Å². The summed E-state index contributed by atoms with van der Waals surface area (Å²) in [5.41, 5.74) is 1.64. The first kappa shape index (κ1) is 9.31. The maximum absolute atomic E-state index is 13.6. The number of halogens is 1. The van der Waals surface area contributed by atoms with Crippen LogP contribution in [-0.2, 0) is 16.8 Å². The summed E-state index contributed by atoms with van der Waals surface area (Å²) >= 11 is 0. The van der Waals surface area contributed by atoms with E-state index in [4.69, 9.17) is 4.74 Å². The van der Waals surface area contributed by atoms with E-state index in [0.717, 1.165) is 43.7 Å².